The van der Waals surface area contributed by atoms with Gasteiger partial charge in [0.2, 0.25) is 5.92 Å². The molecule has 5 unspecified atom stereocenters. The van der Waals surface area contributed by atoms with Crippen molar-refractivity contribution in [1.82, 2.24) is 5.43 Å². The van der Waals surface area contributed by atoms with Gasteiger partial charge in [-0.2, -0.15) is 23.5 Å². The number of nitrogens with two attached hydrogens (primary N) is 1. The van der Waals surface area contributed by atoms with Crippen LogP contribution < -0.4 is 11.3 Å². The highest BCUT2D eigenvalue weighted by Crippen LogP contribution is 2.43. The number of halogens is 2. The molecule has 1 heterocycles. The van der Waals surface area contributed by atoms with E-state index in [0.29, 0.717) is 22.2 Å². The molecular formula is C13H24F2N2S2. The van der Waals surface area contributed by atoms with Crippen molar-refractivity contribution < 1.29 is 8.78 Å². The monoisotopic (exact) mass is 310 g/mol. The second-order valence-electron chi connectivity index (χ2n) is 5.89. The summed E-state index contributed by atoms with van der Waals surface area (Å²) in [6, 6.07) is 0.159. The average molecular weight is 310 g/mol. The van der Waals surface area contributed by atoms with Gasteiger partial charge in [-0.25, -0.2) is 8.78 Å². The van der Waals surface area contributed by atoms with Crippen LogP contribution in [0.5, 0.6) is 0 Å². The third-order valence-electron chi connectivity index (χ3n) is 4.33. The van der Waals surface area contributed by atoms with E-state index in [0.717, 1.165) is 12.2 Å². The third-order valence-corrected chi connectivity index (χ3v) is 7.88. The summed E-state index contributed by atoms with van der Waals surface area (Å²) < 4.78 is 26.5. The average Bonchev–Trinajstić information content (AvgIpc) is 2.69. The Balaban J connectivity index is 1.86. The Bertz CT molecular complexity index is 304. The molecule has 1 aliphatic heterocycles. The van der Waals surface area contributed by atoms with Crippen LogP contribution >= 0.6 is 23.5 Å². The van der Waals surface area contributed by atoms with Crippen molar-refractivity contribution in [2.75, 3.05) is 5.75 Å². The van der Waals surface area contributed by atoms with E-state index < -0.39 is 5.92 Å². The number of hydrogen-bond acceptors (Lipinski definition) is 4. The maximum Gasteiger partial charge on any atom is 0.248 e. The number of alkyl halides is 2. The SMILES string of the molecule is CC1SCC(C(CC2CCC(F)(F)C2)NN)SC1C. The lowest BCUT2D eigenvalue weighted by Crippen LogP contribution is -2.47. The van der Waals surface area contributed by atoms with E-state index in [1.165, 1.54) is 0 Å². The summed E-state index contributed by atoms with van der Waals surface area (Å²) in [5.41, 5.74) is 2.88. The first-order valence-electron chi connectivity index (χ1n) is 7.02. The van der Waals surface area contributed by atoms with Crippen molar-refractivity contribution >= 4 is 23.5 Å². The van der Waals surface area contributed by atoms with Crippen LogP contribution in [0.25, 0.3) is 0 Å². The highest BCUT2D eigenvalue weighted by molar-refractivity contribution is 8.07. The largest absolute Gasteiger partial charge is 0.271 e. The molecule has 0 aromatic carbocycles. The van der Waals surface area contributed by atoms with Crippen molar-refractivity contribution in [1.29, 1.82) is 0 Å². The lowest BCUT2D eigenvalue weighted by atomic mass is 9.97. The van der Waals surface area contributed by atoms with Gasteiger partial charge in [-0.05, 0) is 18.8 Å². The van der Waals surface area contributed by atoms with Crippen molar-refractivity contribution in [2.45, 2.75) is 67.2 Å². The van der Waals surface area contributed by atoms with Crippen LogP contribution in [0.4, 0.5) is 8.78 Å². The van der Waals surface area contributed by atoms with Crippen LogP contribution in [0.2, 0.25) is 0 Å². The molecule has 0 bridgehead atoms. The van der Waals surface area contributed by atoms with Gasteiger partial charge in [0.15, 0.2) is 0 Å². The predicted molar refractivity (Wildman–Crippen MR) is 80.8 cm³/mol. The van der Waals surface area contributed by atoms with Crippen LogP contribution in [0.3, 0.4) is 0 Å². The molecule has 1 saturated heterocycles. The fourth-order valence-corrected chi connectivity index (χ4v) is 6.07. The van der Waals surface area contributed by atoms with Crippen LogP contribution in [-0.4, -0.2) is 33.5 Å². The zero-order chi connectivity index (χ0) is 14.0. The van der Waals surface area contributed by atoms with E-state index in [4.69, 9.17) is 5.84 Å². The number of thioether (sulfide) groups is 2. The highest BCUT2D eigenvalue weighted by atomic mass is 32.2. The molecule has 0 aromatic rings. The Morgan fingerprint density at radius 1 is 1.37 bits per heavy atom. The molecule has 3 N–H and O–H groups in total. The van der Waals surface area contributed by atoms with Gasteiger partial charge in [-0.3, -0.25) is 11.3 Å². The Labute approximate surface area is 123 Å². The Hall–Kier alpha value is 0.480. The van der Waals surface area contributed by atoms with Gasteiger partial charge < -0.3 is 0 Å². The molecule has 2 rings (SSSR count). The Morgan fingerprint density at radius 2 is 2.11 bits per heavy atom. The van der Waals surface area contributed by atoms with Crippen LogP contribution in [0, 0.1) is 5.92 Å². The minimum absolute atomic E-state index is 0.0433. The molecule has 6 heteroatoms. The first-order chi connectivity index (χ1) is 8.91. The van der Waals surface area contributed by atoms with E-state index in [1.54, 1.807) is 0 Å². The van der Waals surface area contributed by atoms with Gasteiger partial charge in [0.05, 0.1) is 0 Å². The predicted octanol–water partition coefficient (Wildman–Crippen LogP) is 3.27. The Morgan fingerprint density at radius 3 is 2.63 bits per heavy atom. The second kappa shape index (κ2) is 6.50. The molecule has 2 fully saturated rings. The topological polar surface area (TPSA) is 38.0 Å². The second-order valence-corrected chi connectivity index (χ2v) is 8.92. The molecule has 112 valence electrons. The summed E-state index contributed by atoms with van der Waals surface area (Å²) in [6.07, 6.45) is 1.52. The fraction of sp³-hybridized carbons (Fsp3) is 1.00. The molecule has 0 spiro atoms. The molecule has 0 amide bonds. The molecule has 2 aliphatic rings. The molecule has 1 saturated carbocycles. The van der Waals surface area contributed by atoms with Crippen LogP contribution in [-0.2, 0) is 0 Å². The summed E-state index contributed by atoms with van der Waals surface area (Å²) in [4.78, 5) is 0. The Kier molecular flexibility index (Phi) is 5.42. The van der Waals surface area contributed by atoms with Crippen molar-refractivity contribution in [2.24, 2.45) is 11.8 Å². The maximum absolute atomic E-state index is 13.2. The molecule has 2 nitrogen and oxygen atoms in total. The smallest absolute Gasteiger partial charge is 0.248 e. The molecule has 5 atom stereocenters. The van der Waals surface area contributed by atoms with Crippen LogP contribution in [0.1, 0.15) is 39.5 Å². The van der Waals surface area contributed by atoms with E-state index >= 15 is 0 Å². The first kappa shape index (κ1) is 15.9. The van der Waals surface area contributed by atoms with E-state index in [-0.39, 0.29) is 24.8 Å². The minimum Gasteiger partial charge on any atom is -0.271 e. The lowest BCUT2D eigenvalue weighted by molar-refractivity contribution is 0.00433. The summed E-state index contributed by atoms with van der Waals surface area (Å²) in [7, 11) is 0. The minimum atomic E-state index is -2.44. The zero-order valence-corrected chi connectivity index (χ0v) is 13.2. The van der Waals surface area contributed by atoms with Gasteiger partial charge >= 0.3 is 0 Å². The van der Waals surface area contributed by atoms with Crippen molar-refractivity contribution in [3.8, 4) is 0 Å². The number of nitrogens with one attached hydrogen (secondary N) is 1. The van der Waals surface area contributed by atoms with Crippen molar-refractivity contribution in [3.05, 3.63) is 0 Å². The quantitative estimate of drug-likeness (QED) is 0.617. The number of hydrazine groups is 1. The summed E-state index contributed by atoms with van der Waals surface area (Å²) in [5.74, 6) is 4.41. The molecule has 0 aromatic heterocycles. The first-order valence-corrected chi connectivity index (χ1v) is 9.01. The van der Waals surface area contributed by atoms with Crippen LogP contribution in [0.15, 0.2) is 0 Å². The molecular weight excluding hydrogens is 286 g/mol. The standard InChI is InChI=1S/C13H24F2N2S2/c1-8-9(2)19-12(7-18-8)11(17-16)5-10-3-4-13(14,15)6-10/h8-12,17H,3-7,16H2,1-2H3. The molecule has 1 aliphatic carbocycles. The highest BCUT2D eigenvalue weighted by Gasteiger charge is 2.41. The van der Waals surface area contributed by atoms with E-state index in [9.17, 15) is 8.78 Å². The zero-order valence-electron chi connectivity index (χ0n) is 11.6. The van der Waals surface area contributed by atoms with Crippen molar-refractivity contribution in [3.63, 3.8) is 0 Å². The number of rotatable bonds is 4. The summed E-state index contributed by atoms with van der Waals surface area (Å²) in [6.45, 7) is 4.49. The fourth-order valence-electron chi connectivity index (χ4n) is 2.95. The van der Waals surface area contributed by atoms with Gasteiger partial charge in [-0.1, -0.05) is 13.8 Å². The lowest BCUT2D eigenvalue weighted by Gasteiger charge is -2.36. The maximum atomic E-state index is 13.2. The number of hydrogen-bond donors (Lipinski definition) is 2. The normalized spacial score (nSPS) is 40.3. The summed E-state index contributed by atoms with van der Waals surface area (Å²) in [5, 5.41) is 1.70. The van der Waals surface area contributed by atoms with Gasteiger partial charge in [-0.15, -0.1) is 0 Å². The van der Waals surface area contributed by atoms with E-state index in [2.05, 4.69) is 19.3 Å². The van der Waals surface area contributed by atoms with Gasteiger partial charge in [0, 0.05) is 40.4 Å². The molecule has 19 heavy (non-hydrogen) atoms. The van der Waals surface area contributed by atoms with Gasteiger partial charge in [0.1, 0.15) is 0 Å². The molecule has 0 radical (unpaired) electrons. The van der Waals surface area contributed by atoms with Gasteiger partial charge in [0.25, 0.3) is 0 Å². The summed E-state index contributed by atoms with van der Waals surface area (Å²) >= 11 is 3.93. The van der Waals surface area contributed by atoms with E-state index in [1.807, 2.05) is 23.5 Å². The third kappa shape index (κ3) is 4.22.